The lowest BCUT2D eigenvalue weighted by Crippen LogP contribution is -2.05. The Bertz CT molecular complexity index is 118. The van der Waals surface area contributed by atoms with Crippen LogP contribution in [0.1, 0.15) is 64.7 Å². The fourth-order valence-corrected chi connectivity index (χ4v) is 1.56. The molecule has 3 nitrogen and oxygen atoms in total. The van der Waals surface area contributed by atoms with Crippen LogP contribution in [-0.4, -0.2) is 6.54 Å². The van der Waals surface area contributed by atoms with Gasteiger partial charge in [0.25, 0.3) is 0 Å². The third-order valence-corrected chi connectivity index (χ3v) is 2.46. The Kier molecular flexibility index (Phi) is 11.9. The van der Waals surface area contributed by atoms with E-state index in [-0.39, 0.29) is 0 Å². The molecule has 0 aliphatic rings. The van der Waals surface area contributed by atoms with E-state index in [0.717, 1.165) is 13.0 Å². The summed E-state index contributed by atoms with van der Waals surface area (Å²) in [5.74, 6) is 0. The lowest BCUT2D eigenvalue weighted by Gasteiger charge is -2.00. The number of unbranched alkanes of at least 4 members (excludes halogenated alkanes) is 8. The number of hydrogen-bond donors (Lipinski definition) is 1. The van der Waals surface area contributed by atoms with E-state index in [1.165, 1.54) is 51.4 Å². The second-order valence-electron chi connectivity index (χ2n) is 3.83. The molecule has 84 valence electrons. The van der Waals surface area contributed by atoms with Crippen LogP contribution in [0.2, 0.25) is 0 Å². The molecule has 0 amide bonds. The summed E-state index contributed by atoms with van der Waals surface area (Å²) in [6, 6.07) is 0. The van der Waals surface area contributed by atoms with Crippen molar-refractivity contribution in [3.8, 4) is 0 Å². The smallest absolute Gasteiger partial charge is 0.0496 e. The molecule has 14 heavy (non-hydrogen) atoms. The summed E-state index contributed by atoms with van der Waals surface area (Å²) in [5, 5.41) is 2.60. The van der Waals surface area contributed by atoms with Crippen LogP contribution in [0.15, 0.2) is 5.29 Å². The van der Waals surface area contributed by atoms with Crippen LogP contribution in [-0.2, 0) is 0 Å². The van der Waals surface area contributed by atoms with Gasteiger partial charge in [-0.05, 0) is 6.42 Å². The molecule has 0 saturated carbocycles. The van der Waals surface area contributed by atoms with Crippen molar-refractivity contribution in [2.75, 3.05) is 6.54 Å². The minimum Gasteiger partial charge on any atom is -0.274 e. The van der Waals surface area contributed by atoms with E-state index in [0.29, 0.717) is 0 Å². The Hall–Kier alpha value is -0.600. The molecule has 0 fully saturated rings. The minimum atomic E-state index is 0.735. The van der Waals surface area contributed by atoms with Gasteiger partial charge in [0.2, 0.25) is 0 Å². The lowest BCUT2D eigenvalue weighted by atomic mass is 10.1. The highest BCUT2D eigenvalue weighted by Crippen LogP contribution is 2.08. The highest BCUT2D eigenvalue weighted by atomic mass is 16.3. The van der Waals surface area contributed by atoms with E-state index in [2.05, 4.69) is 17.6 Å². The second kappa shape index (κ2) is 12.4. The Morgan fingerprint density at radius 1 is 0.857 bits per heavy atom. The predicted octanol–water partition coefficient (Wildman–Crippen LogP) is 3.79. The SMILES string of the molecule is CCCCCCCCCCCNN=O. The van der Waals surface area contributed by atoms with Gasteiger partial charge in [-0.2, -0.15) is 0 Å². The summed E-state index contributed by atoms with van der Waals surface area (Å²) in [7, 11) is 0. The van der Waals surface area contributed by atoms with E-state index >= 15 is 0 Å². The topological polar surface area (TPSA) is 41.5 Å². The van der Waals surface area contributed by atoms with Crippen LogP contribution in [0, 0.1) is 4.91 Å². The summed E-state index contributed by atoms with van der Waals surface area (Å²) in [6.45, 7) is 2.98. The van der Waals surface area contributed by atoms with Gasteiger partial charge in [0.15, 0.2) is 0 Å². The first-order chi connectivity index (χ1) is 6.91. The summed E-state index contributed by atoms with van der Waals surface area (Å²) < 4.78 is 0. The zero-order valence-corrected chi connectivity index (χ0v) is 9.43. The normalized spacial score (nSPS) is 10.1. The molecule has 0 radical (unpaired) electrons. The van der Waals surface area contributed by atoms with Crippen LogP contribution >= 0.6 is 0 Å². The molecule has 0 aliphatic carbocycles. The van der Waals surface area contributed by atoms with E-state index in [9.17, 15) is 4.91 Å². The maximum absolute atomic E-state index is 9.68. The van der Waals surface area contributed by atoms with Gasteiger partial charge < -0.3 is 0 Å². The van der Waals surface area contributed by atoms with E-state index in [1.807, 2.05) is 0 Å². The molecule has 0 aromatic rings. The Balaban J connectivity index is 2.81. The van der Waals surface area contributed by atoms with Gasteiger partial charge in [0.1, 0.15) is 0 Å². The maximum Gasteiger partial charge on any atom is 0.0496 e. The molecule has 0 aromatic carbocycles. The van der Waals surface area contributed by atoms with Crippen molar-refractivity contribution >= 4 is 0 Å². The third-order valence-electron chi connectivity index (χ3n) is 2.46. The second-order valence-corrected chi connectivity index (χ2v) is 3.83. The van der Waals surface area contributed by atoms with Crippen molar-refractivity contribution in [1.29, 1.82) is 0 Å². The molecule has 0 spiro atoms. The summed E-state index contributed by atoms with van der Waals surface area (Å²) in [5.41, 5.74) is 2.44. The van der Waals surface area contributed by atoms with Gasteiger partial charge in [-0.25, -0.2) is 0 Å². The van der Waals surface area contributed by atoms with Gasteiger partial charge in [-0.15, -0.1) is 4.91 Å². The first-order valence-corrected chi connectivity index (χ1v) is 5.97. The van der Waals surface area contributed by atoms with Crippen LogP contribution in [0.5, 0.6) is 0 Å². The summed E-state index contributed by atoms with van der Waals surface area (Å²) in [6.07, 6.45) is 11.8. The number of nitrogens with one attached hydrogen (secondary N) is 1. The van der Waals surface area contributed by atoms with Crippen molar-refractivity contribution in [2.45, 2.75) is 64.7 Å². The van der Waals surface area contributed by atoms with Crippen LogP contribution in [0.3, 0.4) is 0 Å². The number of nitroso groups, excluding NO2 is 1. The Morgan fingerprint density at radius 2 is 1.36 bits per heavy atom. The molecule has 3 heteroatoms. The van der Waals surface area contributed by atoms with Gasteiger partial charge >= 0.3 is 0 Å². The van der Waals surface area contributed by atoms with Crippen molar-refractivity contribution in [1.82, 2.24) is 5.43 Å². The summed E-state index contributed by atoms with van der Waals surface area (Å²) in [4.78, 5) is 9.68. The number of hydrogen-bond acceptors (Lipinski definition) is 2. The maximum atomic E-state index is 9.68. The zero-order valence-electron chi connectivity index (χ0n) is 9.43. The number of rotatable bonds is 11. The Labute approximate surface area is 87.6 Å². The van der Waals surface area contributed by atoms with Gasteiger partial charge in [0.05, 0.1) is 0 Å². The van der Waals surface area contributed by atoms with Crippen LogP contribution < -0.4 is 5.43 Å². The average Bonchev–Trinajstić information content (AvgIpc) is 2.21. The molecule has 1 N–H and O–H groups in total. The number of nitrogens with zero attached hydrogens (tertiary/aromatic N) is 1. The van der Waals surface area contributed by atoms with Gasteiger partial charge in [-0.1, -0.05) is 58.3 Å². The monoisotopic (exact) mass is 200 g/mol. The predicted molar refractivity (Wildman–Crippen MR) is 61.0 cm³/mol. The third kappa shape index (κ3) is 11.4. The molecule has 0 atom stereocenters. The van der Waals surface area contributed by atoms with Crippen LogP contribution in [0.4, 0.5) is 0 Å². The lowest BCUT2D eigenvalue weighted by molar-refractivity contribution is 0.553. The van der Waals surface area contributed by atoms with Gasteiger partial charge in [0, 0.05) is 11.8 Å². The van der Waals surface area contributed by atoms with E-state index < -0.39 is 0 Å². The van der Waals surface area contributed by atoms with E-state index in [4.69, 9.17) is 0 Å². The average molecular weight is 200 g/mol. The molecule has 0 bridgehead atoms. The largest absolute Gasteiger partial charge is 0.274 e. The quantitative estimate of drug-likeness (QED) is 0.313. The molecule has 0 aliphatic heterocycles. The van der Waals surface area contributed by atoms with Gasteiger partial charge in [-0.3, -0.25) is 5.43 Å². The zero-order chi connectivity index (χ0) is 10.5. The molecular formula is C11H24N2O. The molecule has 0 heterocycles. The fraction of sp³-hybridized carbons (Fsp3) is 1.00. The van der Waals surface area contributed by atoms with Crippen molar-refractivity contribution in [2.24, 2.45) is 5.29 Å². The molecule has 0 rings (SSSR count). The van der Waals surface area contributed by atoms with Crippen molar-refractivity contribution in [3.05, 3.63) is 4.91 Å². The summed E-state index contributed by atoms with van der Waals surface area (Å²) >= 11 is 0. The highest BCUT2D eigenvalue weighted by Gasteiger charge is 1.91. The Morgan fingerprint density at radius 3 is 1.86 bits per heavy atom. The molecule has 0 saturated heterocycles. The first-order valence-electron chi connectivity index (χ1n) is 5.97. The first kappa shape index (κ1) is 13.4. The van der Waals surface area contributed by atoms with Crippen LogP contribution in [0.25, 0.3) is 0 Å². The fourth-order valence-electron chi connectivity index (χ4n) is 1.56. The molecule has 0 aromatic heterocycles. The van der Waals surface area contributed by atoms with Crippen molar-refractivity contribution < 1.29 is 0 Å². The highest BCUT2D eigenvalue weighted by molar-refractivity contribution is 4.47. The standard InChI is InChI=1S/C11H24N2O/c1-2-3-4-5-6-7-8-9-10-11-12-13-14/h2-11H2,1H3,(H,12,14). The van der Waals surface area contributed by atoms with Crippen molar-refractivity contribution in [3.63, 3.8) is 0 Å². The minimum absolute atomic E-state index is 0.735. The molecule has 0 unspecified atom stereocenters. The molecular weight excluding hydrogens is 176 g/mol. The van der Waals surface area contributed by atoms with E-state index in [1.54, 1.807) is 0 Å².